The number of aromatic nitrogens is 1. The fourth-order valence-electron chi connectivity index (χ4n) is 4.21. The summed E-state index contributed by atoms with van der Waals surface area (Å²) in [6.45, 7) is 2.00. The van der Waals surface area contributed by atoms with Crippen molar-refractivity contribution in [3.05, 3.63) is 24.0 Å². The molecule has 0 aromatic carbocycles. The molecule has 0 radical (unpaired) electrons. The van der Waals surface area contributed by atoms with E-state index in [2.05, 4.69) is 20.5 Å². The van der Waals surface area contributed by atoms with Gasteiger partial charge in [-0.05, 0) is 19.3 Å². The number of nitrogens with zero attached hydrogens (tertiary/aromatic N) is 2. The van der Waals surface area contributed by atoms with E-state index in [0.717, 1.165) is 54.3 Å². The van der Waals surface area contributed by atoms with Gasteiger partial charge in [-0.25, -0.2) is 0 Å². The fourth-order valence-corrected chi connectivity index (χ4v) is 5.11. The Labute approximate surface area is 150 Å². The summed E-state index contributed by atoms with van der Waals surface area (Å²) in [5, 5.41) is 7.64. The molecule has 1 amide bonds. The number of carbonyl (C=O) groups is 1. The van der Waals surface area contributed by atoms with Crippen LogP contribution in [0.25, 0.3) is 11.0 Å². The minimum Gasteiger partial charge on any atom is -0.440 e. The first-order valence-corrected chi connectivity index (χ1v) is 10.2. The molecule has 2 N–H and O–H groups in total. The Balaban J connectivity index is 1.34. The molecule has 0 saturated carbocycles. The van der Waals surface area contributed by atoms with Crippen LogP contribution in [0.2, 0.25) is 0 Å². The van der Waals surface area contributed by atoms with Gasteiger partial charge in [0.15, 0.2) is 5.88 Å². The lowest BCUT2D eigenvalue weighted by molar-refractivity contribution is 0.0926. The lowest BCUT2D eigenvalue weighted by Crippen LogP contribution is -2.43. The SMILES string of the molecule is O=C(N[C@@H]1C[C@H]2CC[C@@H]1N2)c1cc2oc(N3CCSCC3)cc2cn1. The maximum atomic E-state index is 12.6. The molecule has 6 nitrogen and oxygen atoms in total. The van der Waals surface area contributed by atoms with Gasteiger partial charge in [0.2, 0.25) is 0 Å². The van der Waals surface area contributed by atoms with Gasteiger partial charge in [-0.1, -0.05) is 0 Å². The zero-order chi connectivity index (χ0) is 16.8. The van der Waals surface area contributed by atoms with Crippen LogP contribution < -0.4 is 15.5 Å². The van der Waals surface area contributed by atoms with Gasteiger partial charge in [-0.2, -0.15) is 11.8 Å². The van der Waals surface area contributed by atoms with Crippen molar-refractivity contribution in [3.63, 3.8) is 0 Å². The summed E-state index contributed by atoms with van der Waals surface area (Å²) in [5.74, 6) is 3.03. The van der Waals surface area contributed by atoms with Crippen molar-refractivity contribution in [1.29, 1.82) is 0 Å². The normalized spacial score (nSPS) is 28.6. The molecule has 0 unspecified atom stereocenters. The second kappa shape index (κ2) is 6.21. The van der Waals surface area contributed by atoms with E-state index in [-0.39, 0.29) is 11.9 Å². The van der Waals surface area contributed by atoms with Crippen LogP contribution in [0, 0.1) is 0 Å². The molecule has 5 heterocycles. The van der Waals surface area contributed by atoms with Crippen LogP contribution in [0.5, 0.6) is 0 Å². The third-order valence-corrected chi connectivity index (χ3v) is 6.50. The van der Waals surface area contributed by atoms with E-state index >= 15 is 0 Å². The third kappa shape index (κ3) is 2.89. The zero-order valence-corrected chi connectivity index (χ0v) is 14.8. The van der Waals surface area contributed by atoms with Crippen molar-refractivity contribution in [1.82, 2.24) is 15.6 Å². The van der Waals surface area contributed by atoms with Gasteiger partial charge in [0.25, 0.3) is 5.91 Å². The van der Waals surface area contributed by atoms with Crippen molar-refractivity contribution in [2.24, 2.45) is 0 Å². The Bertz CT molecular complexity index is 801. The van der Waals surface area contributed by atoms with Crippen molar-refractivity contribution in [2.45, 2.75) is 37.4 Å². The number of anilines is 1. The number of pyridine rings is 1. The number of nitrogens with one attached hydrogen (secondary N) is 2. The average molecular weight is 358 g/mol. The molecule has 7 heteroatoms. The topological polar surface area (TPSA) is 70.4 Å². The van der Waals surface area contributed by atoms with Gasteiger partial charge in [-0.3, -0.25) is 9.78 Å². The second-order valence-electron chi connectivity index (χ2n) is 7.15. The average Bonchev–Trinajstić information content (AvgIpc) is 3.36. The Morgan fingerprint density at radius 2 is 2.20 bits per heavy atom. The monoisotopic (exact) mass is 358 g/mol. The highest BCUT2D eigenvalue weighted by Crippen LogP contribution is 2.29. The maximum Gasteiger partial charge on any atom is 0.270 e. The van der Waals surface area contributed by atoms with Crippen LogP contribution in [0.15, 0.2) is 22.7 Å². The molecule has 3 fully saturated rings. The van der Waals surface area contributed by atoms with Gasteiger partial charge in [0.05, 0.1) is 0 Å². The van der Waals surface area contributed by atoms with Crippen molar-refractivity contribution < 1.29 is 9.21 Å². The van der Waals surface area contributed by atoms with E-state index < -0.39 is 0 Å². The maximum absolute atomic E-state index is 12.6. The highest BCUT2D eigenvalue weighted by atomic mass is 32.2. The lowest BCUT2D eigenvalue weighted by atomic mass is 9.95. The summed E-state index contributed by atoms with van der Waals surface area (Å²) >= 11 is 1.97. The summed E-state index contributed by atoms with van der Waals surface area (Å²) in [5.41, 5.74) is 1.17. The first kappa shape index (κ1) is 15.5. The Kier molecular flexibility index (Phi) is 3.86. The predicted molar refractivity (Wildman–Crippen MR) is 99.4 cm³/mol. The summed E-state index contributed by atoms with van der Waals surface area (Å²) in [6, 6.07) is 5.01. The molecular weight excluding hydrogens is 336 g/mol. The second-order valence-corrected chi connectivity index (χ2v) is 8.38. The predicted octanol–water partition coefficient (Wildman–Crippen LogP) is 2.00. The molecule has 25 heavy (non-hydrogen) atoms. The number of hydrogen-bond acceptors (Lipinski definition) is 6. The fraction of sp³-hybridized carbons (Fsp3) is 0.556. The van der Waals surface area contributed by atoms with E-state index in [9.17, 15) is 4.79 Å². The smallest absolute Gasteiger partial charge is 0.270 e. The third-order valence-electron chi connectivity index (χ3n) is 5.56. The van der Waals surface area contributed by atoms with Crippen LogP contribution in [0.1, 0.15) is 29.8 Å². The zero-order valence-electron chi connectivity index (χ0n) is 14.0. The van der Waals surface area contributed by atoms with Crippen LogP contribution in [0.4, 0.5) is 5.88 Å². The molecule has 2 bridgehead atoms. The van der Waals surface area contributed by atoms with E-state index in [1.807, 2.05) is 17.8 Å². The number of thioether (sulfide) groups is 1. The molecule has 0 aliphatic carbocycles. The van der Waals surface area contributed by atoms with E-state index in [0.29, 0.717) is 17.8 Å². The Morgan fingerprint density at radius 3 is 2.96 bits per heavy atom. The highest BCUT2D eigenvalue weighted by Gasteiger charge is 2.39. The van der Waals surface area contributed by atoms with Gasteiger partial charge in [0, 0.05) is 66.4 Å². The molecule has 5 rings (SSSR count). The van der Waals surface area contributed by atoms with Crippen LogP contribution in [0.3, 0.4) is 0 Å². The Morgan fingerprint density at radius 1 is 1.32 bits per heavy atom. The minimum atomic E-state index is -0.103. The number of furan rings is 1. The molecular formula is C18H22N4O2S. The quantitative estimate of drug-likeness (QED) is 0.875. The largest absolute Gasteiger partial charge is 0.440 e. The van der Waals surface area contributed by atoms with Gasteiger partial charge >= 0.3 is 0 Å². The minimum absolute atomic E-state index is 0.103. The number of rotatable bonds is 3. The molecule has 2 aromatic heterocycles. The summed E-state index contributed by atoms with van der Waals surface area (Å²) in [6.07, 6.45) is 5.15. The van der Waals surface area contributed by atoms with Crippen LogP contribution >= 0.6 is 11.8 Å². The first-order chi connectivity index (χ1) is 12.3. The van der Waals surface area contributed by atoms with Crippen molar-refractivity contribution in [2.75, 3.05) is 29.5 Å². The first-order valence-electron chi connectivity index (χ1n) is 9.05. The molecule has 132 valence electrons. The number of fused-ring (bicyclic) bond motifs is 3. The summed E-state index contributed by atoms with van der Waals surface area (Å²) < 4.78 is 6.00. The van der Waals surface area contributed by atoms with Crippen LogP contribution in [-0.4, -0.2) is 53.6 Å². The van der Waals surface area contributed by atoms with Gasteiger partial charge in [0.1, 0.15) is 11.3 Å². The van der Waals surface area contributed by atoms with Gasteiger partial charge < -0.3 is 20.0 Å². The van der Waals surface area contributed by atoms with Gasteiger partial charge in [-0.15, -0.1) is 0 Å². The lowest BCUT2D eigenvalue weighted by Gasteiger charge is -2.25. The van der Waals surface area contributed by atoms with Crippen molar-refractivity contribution >= 4 is 34.5 Å². The van der Waals surface area contributed by atoms with Crippen LogP contribution in [-0.2, 0) is 0 Å². The van der Waals surface area contributed by atoms with E-state index in [4.69, 9.17) is 4.42 Å². The summed E-state index contributed by atoms with van der Waals surface area (Å²) in [7, 11) is 0. The number of carbonyl (C=O) groups excluding carboxylic acids is 1. The highest BCUT2D eigenvalue weighted by molar-refractivity contribution is 7.99. The number of amides is 1. The van der Waals surface area contributed by atoms with E-state index in [1.54, 1.807) is 12.3 Å². The standard InChI is InChI=1S/C18H22N4O2S/c23-18(21-14-8-12-1-2-13(14)20-12)15-9-16-11(10-19-15)7-17(24-16)22-3-5-25-6-4-22/h7,9-10,12-14,20H,1-6,8H2,(H,21,23)/t12-,13+,14-/m1/s1. The van der Waals surface area contributed by atoms with Crippen molar-refractivity contribution in [3.8, 4) is 0 Å². The molecule has 3 aliphatic heterocycles. The molecule has 3 saturated heterocycles. The molecule has 0 spiro atoms. The summed E-state index contributed by atoms with van der Waals surface area (Å²) in [4.78, 5) is 19.2. The molecule has 3 aliphatic rings. The van der Waals surface area contributed by atoms with E-state index in [1.165, 1.54) is 6.42 Å². The number of hydrogen-bond donors (Lipinski definition) is 2. The molecule has 2 aromatic rings. The Hall–Kier alpha value is -1.73. The molecule has 3 atom stereocenters.